The van der Waals surface area contributed by atoms with E-state index in [0.29, 0.717) is 11.8 Å². The molecule has 5 nitrogen and oxygen atoms in total. The Morgan fingerprint density at radius 2 is 0.806 bits per heavy atom. The normalized spacial score (nSPS) is 13.8. The van der Waals surface area contributed by atoms with Crippen LogP contribution in [-0.2, 0) is 42.1 Å². The zero-order valence-corrected chi connectivity index (χ0v) is 97.6. The molecule has 750 valence electrons. The second-order valence-corrected chi connectivity index (χ2v) is 65.2. The van der Waals surface area contributed by atoms with Gasteiger partial charge in [-0.1, -0.05) is 301 Å². The molecule has 2 heterocycles. The smallest absolute Gasteiger partial charge is 1.00 e. The van der Waals surface area contributed by atoms with E-state index < -0.39 is 66.9 Å². The molecule has 0 bridgehead atoms. The van der Waals surface area contributed by atoms with Crippen molar-refractivity contribution in [3.63, 3.8) is 0 Å². The van der Waals surface area contributed by atoms with Crippen molar-refractivity contribution in [3.05, 3.63) is 395 Å². The zero-order valence-electron chi connectivity index (χ0n) is 85.4. The number of hydrogen-bond donors (Lipinski definition) is 0. The molecule has 1 fully saturated rings. The average Bonchev–Trinajstić information content (AvgIpc) is 1.61. The van der Waals surface area contributed by atoms with Gasteiger partial charge in [-0.3, -0.25) is 12.9 Å². The summed E-state index contributed by atoms with van der Waals surface area (Å²) in [7, 11) is 20.6. The van der Waals surface area contributed by atoms with Crippen LogP contribution in [0.1, 0.15) is 200 Å². The second kappa shape index (κ2) is 62.6. The van der Waals surface area contributed by atoms with Crippen LogP contribution < -0.4 is 69.8 Å². The summed E-state index contributed by atoms with van der Waals surface area (Å²) >= 11 is 0.00912. The molecular weight excluding hydrogens is 2120 g/mol. The van der Waals surface area contributed by atoms with Crippen molar-refractivity contribution in [3.8, 4) is 11.5 Å². The topological polar surface area (TPSA) is 38.8 Å². The van der Waals surface area contributed by atoms with Gasteiger partial charge in [-0.15, -0.1) is 5.41 Å². The van der Waals surface area contributed by atoms with E-state index >= 15 is 0 Å². The third-order valence-corrected chi connectivity index (χ3v) is 37.2. The Labute approximate surface area is 890 Å². The minimum Gasteiger partial charge on any atom is -1.00 e. The first-order chi connectivity index (χ1) is 64.2. The summed E-state index contributed by atoms with van der Waals surface area (Å²) in [5, 5.41) is 8.61. The largest absolute Gasteiger partial charge is 1.00 e. The van der Waals surface area contributed by atoms with Crippen molar-refractivity contribution >= 4 is 159 Å². The molecule has 0 aromatic heterocycles. The Kier molecular flexibility index (Phi) is 57.2. The van der Waals surface area contributed by atoms with Crippen molar-refractivity contribution in [2.45, 2.75) is 226 Å². The average molecular weight is 2270 g/mol. The summed E-state index contributed by atoms with van der Waals surface area (Å²) in [6.45, 7) is 58.6. The Hall–Kier alpha value is -6.22. The van der Waals surface area contributed by atoms with Crippen LogP contribution in [0.3, 0.4) is 0 Å². The van der Waals surface area contributed by atoms with Crippen molar-refractivity contribution in [1.29, 1.82) is 0 Å². The van der Waals surface area contributed by atoms with Gasteiger partial charge in [-0.05, 0) is 150 Å². The van der Waals surface area contributed by atoms with Gasteiger partial charge in [0.2, 0.25) is 5.69 Å². The van der Waals surface area contributed by atoms with E-state index in [1.807, 2.05) is 112 Å². The van der Waals surface area contributed by atoms with Crippen LogP contribution in [0, 0.1) is 31.2 Å². The molecule has 15 rings (SSSR count). The fraction of sp³-hybridized carbons (Fsp3) is 0.310. The molecule has 12 aromatic rings. The Balaban J connectivity index is 0.000000407. The molecule has 0 unspecified atom stereocenters. The molecule has 1 saturated heterocycles. The van der Waals surface area contributed by atoms with Crippen LogP contribution in [0.25, 0.3) is 16.3 Å². The van der Waals surface area contributed by atoms with Gasteiger partial charge < -0.3 is 19.0 Å². The van der Waals surface area contributed by atoms with E-state index in [2.05, 4.69) is 451 Å². The molecule has 23 heteroatoms. The third-order valence-electron chi connectivity index (χ3n) is 21.4. The second-order valence-electron chi connectivity index (χ2n) is 39.1. The van der Waals surface area contributed by atoms with Gasteiger partial charge in [-0.2, -0.15) is 4.58 Å². The molecule has 0 amide bonds. The minimum absolute atomic E-state index is 0. The summed E-state index contributed by atoms with van der Waals surface area (Å²) in [4.78, 5) is 2.53. The summed E-state index contributed by atoms with van der Waals surface area (Å²) in [6.07, 6.45) is 11.4. The predicted molar refractivity (Wildman–Crippen MR) is 605 cm³/mol. The number of aryl methyl sites for hydroxylation is 2. The number of para-hydroxylation sites is 4. The SMILES string of the molecule is C.C/C=C/c1ccccc1OC(C)C.CC(C)Oc1ccccc1[CH]=[Ru]([Cl])[Cl].C[Si](C)(C)[N-][Si](C)(C)C.Cc1cccc(C(C)C)c1N1[CH-]C(C)(C)CC1(C)C.Cc1cccc(C(C)C)c1[N+]1=CC(C)(C)CC1(C)C.FB(F)F.[Cl][Cu].[Cl][Ru]([Cl])=[C]1C=C(c2ccccc2)c2ccccc21.[F-].[Li+].c1ccc([PH+](c2ccccc2)c2ccccc2)cc1.c1ccc([PH+](c2ccccc2)c2ccccc2)cc1. The molecule has 12 aromatic carbocycles. The zero-order chi connectivity index (χ0) is 101. The Bertz CT molecular complexity index is 5430. The third kappa shape index (κ3) is 43.5. The molecule has 0 atom stereocenters. The van der Waals surface area contributed by atoms with Crippen LogP contribution >= 0.6 is 64.7 Å². The van der Waals surface area contributed by atoms with Crippen LogP contribution in [0.4, 0.5) is 24.3 Å². The van der Waals surface area contributed by atoms with Crippen molar-refractivity contribution in [2.75, 3.05) is 4.90 Å². The molecule has 2 aliphatic heterocycles. The molecule has 0 saturated carbocycles. The molecule has 0 radical (unpaired) electrons. The van der Waals surface area contributed by atoms with Crippen molar-refractivity contribution in [2.24, 2.45) is 10.8 Å². The van der Waals surface area contributed by atoms with Gasteiger partial charge in [-0.25, -0.2) is 6.54 Å². The number of anilines is 1. The van der Waals surface area contributed by atoms with Gasteiger partial charge in [0.1, 0.15) is 37.6 Å². The maximum atomic E-state index is 9.67. The summed E-state index contributed by atoms with van der Waals surface area (Å²) < 4.78 is 50.6. The maximum absolute atomic E-state index is 9.67. The first-order valence-corrected chi connectivity index (χ1v) is 68.3. The standard InChI is InChI=1S/2C18H28N.2C18H15P.C15H10.C12H16O.C10H12O.C6H18NSi2.CH4.BF3.5ClH.Cu.FH.Li.2Ru/c2*1-13(2)15-10-8-9-14(3)16(15)19-12-17(4,5)11-18(19,6)7;2*1-4-10-16(11-5-1)19(17-12-6-2-7-13-17)18-14-8-3-9-15-18;1-2-6-12(7-3-1)15-11-10-13-8-4-5-9-14(13)15;1-4-7-11-8-5-6-9-12(11)13-10(2)3;1-8(2)11-10-7-5-4-6-9(10)3;1-8(2,3)7-9(4,5)6;;2-1(3)4;;;;;;;;;;/h2*8-10,12-13H,11H2,1-7H3;2*1-15H;1-9,11H;4-10H,1-3H3;3-8H,1-2H3;1-6H3;1H4;;5*1H;;1H;;;/q-1;+1;;;;;;-1;;;;;;;;+1;;+1;2*+2/p-4/b;;;;;7-4+;;;;;;;;;;;;;;. The molecular formula is C116H148BCl5CuF4LiN3O2P2Ru2Si2+. The van der Waals surface area contributed by atoms with E-state index in [4.69, 9.17) is 52.9 Å². The van der Waals surface area contributed by atoms with E-state index in [1.54, 1.807) is 0 Å². The fourth-order valence-corrected chi connectivity index (χ4v) is 34.7. The van der Waals surface area contributed by atoms with Crippen LogP contribution in [0.2, 0.25) is 39.3 Å². The fourth-order valence-electron chi connectivity index (χ4n) is 17.2. The van der Waals surface area contributed by atoms with Crippen LogP contribution in [0.15, 0.2) is 334 Å². The molecule has 0 N–H and O–H groups in total. The number of ether oxygens (including phenoxy) is 2. The first kappa shape index (κ1) is 127. The van der Waals surface area contributed by atoms with Crippen molar-refractivity contribution < 1.29 is 92.7 Å². The van der Waals surface area contributed by atoms with E-state index in [-0.39, 0.29) is 65.1 Å². The number of fused-ring (bicyclic) bond motifs is 1. The number of benzene rings is 12. The van der Waals surface area contributed by atoms with E-state index in [0.717, 1.165) is 26.7 Å². The summed E-state index contributed by atoms with van der Waals surface area (Å²) in [5.41, 5.74) is 16.5. The number of rotatable bonds is 19. The first-order valence-electron chi connectivity index (χ1n) is 46.3. The molecule has 3 aliphatic rings. The van der Waals surface area contributed by atoms with Crippen LogP contribution in [-0.4, -0.2) is 66.8 Å². The van der Waals surface area contributed by atoms with Gasteiger partial charge >= 0.3 is 269 Å². The molecule has 139 heavy (non-hydrogen) atoms. The monoisotopic (exact) mass is 2270 g/mol. The van der Waals surface area contributed by atoms with Gasteiger partial charge in [0, 0.05) is 53.6 Å². The van der Waals surface area contributed by atoms with Gasteiger partial charge in [0.15, 0.2) is 11.8 Å². The number of halogens is 9. The Morgan fingerprint density at radius 1 is 0.468 bits per heavy atom. The number of nitrogens with zero attached hydrogens (tertiary/aromatic N) is 3. The van der Waals surface area contributed by atoms with Gasteiger partial charge in [0.25, 0.3) is 0 Å². The molecule has 0 spiro atoms. The molecule has 1 aliphatic carbocycles. The quantitative estimate of drug-likeness (QED) is 0.0266. The van der Waals surface area contributed by atoms with E-state index in [1.165, 1.54) is 101 Å². The van der Waals surface area contributed by atoms with Crippen molar-refractivity contribution in [1.82, 2.24) is 0 Å². The Morgan fingerprint density at radius 3 is 1.13 bits per heavy atom. The van der Waals surface area contributed by atoms with Gasteiger partial charge in [0.05, 0.1) is 21.9 Å². The summed E-state index contributed by atoms with van der Waals surface area (Å²) in [6, 6.07) is 113. The van der Waals surface area contributed by atoms with E-state index in [9.17, 15) is 12.9 Å². The number of hydrogen-bond acceptors (Lipinski definition) is 3. The predicted octanol–water partition coefficient (Wildman–Crippen LogP) is 27.6. The minimum atomic E-state index is -3.67. The summed E-state index contributed by atoms with van der Waals surface area (Å²) in [5.74, 6) is 2.92. The number of allylic oxidation sites excluding steroid dienone is 2. The maximum Gasteiger partial charge on any atom is 1.00 e. The van der Waals surface area contributed by atoms with Crippen LogP contribution in [0.5, 0.6) is 11.5 Å².